The zero-order valence-electron chi connectivity index (χ0n) is 11.0. The van der Waals surface area contributed by atoms with Gasteiger partial charge in [-0.15, -0.1) is 0 Å². The van der Waals surface area contributed by atoms with Crippen molar-refractivity contribution in [2.24, 2.45) is 0 Å². The van der Waals surface area contributed by atoms with Crippen LogP contribution in [0.5, 0.6) is 0 Å². The maximum Gasteiger partial charge on any atom is 0.105 e. The molecule has 0 saturated carbocycles. The molecule has 2 unspecified atom stereocenters. The minimum atomic E-state index is -0.747. The third kappa shape index (κ3) is 2.36. The van der Waals surface area contributed by atoms with Crippen LogP contribution in [-0.2, 0) is 11.3 Å². The van der Waals surface area contributed by atoms with Crippen molar-refractivity contribution in [1.29, 1.82) is 0 Å². The summed E-state index contributed by atoms with van der Waals surface area (Å²) in [6.07, 6.45) is 4.37. The molecule has 2 aromatic rings. The molecule has 5 heteroatoms. The smallest absolute Gasteiger partial charge is 0.105 e. The van der Waals surface area contributed by atoms with E-state index in [1.807, 2.05) is 42.0 Å². The molecule has 1 saturated heterocycles. The fourth-order valence-electron chi connectivity index (χ4n) is 2.54. The minimum absolute atomic E-state index is 0.107. The Kier molecular flexibility index (Phi) is 3.26. The maximum absolute atomic E-state index is 10.4. The first kappa shape index (κ1) is 12.6. The second-order valence-electron chi connectivity index (χ2n) is 5.17. The van der Waals surface area contributed by atoms with E-state index in [0.717, 1.165) is 11.1 Å². The van der Waals surface area contributed by atoms with Crippen LogP contribution >= 0.6 is 0 Å². The van der Waals surface area contributed by atoms with Gasteiger partial charge in [-0.1, -0.05) is 6.07 Å². The van der Waals surface area contributed by atoms with Gasteiger partial charge < -0.3 is 15.2 Å². The summed E-state index contributed by atoms with van der Waals surface area (Å²) >= 11 is 0. The number of ether oxygens (including phenoxy) is 1. The van der Waals surface area contributed by atoms with Crippen molar-refractivity contribution in [3.05, 3.63) is 36.2 Å². The molecule has 5 nitrogen and oxygen atoms in total. The van der Waals surface area contributed by atoms with E-state index in [9.17, 15) is 5.11 Å². The lowest BCUT2D eigenvalue weighted by molar-refractivity contribution is -0.0262. The largest absolute Gasteiger partial charge is 0.386 e. The standard InChI is InChI=1S/C14H19N3O2/c1-11-14(18,5-7-19-11)10-15-8-12-9-16-17-6-3-2-4-13(12)17/h2-4,6,9,11,15,18H,5,7-8,10H2,1H3. The lowest BCUT2D eigenvalue weighted by Crippen LogP contribution is -2.45. The van der Waals surface area contributed by atoms with E-state index < -0.39 is 5.60 Å². The highest BCUT2D eigenvalue weighted by atomic mass is 16.5. The highest BCUT2D eigenvalue weighted by Crippen LogP contribution is 2.24. The van der Waals surface area contributed by atoms with Crippen LogP contribution in [0.1, 0.15) is 18.9 Å². The van der Waals surface area contributed by atoms with E-state index in [1.54, 1.807) is 0 Å². The fraction of sp³-hybridized carbons (Fsp3) is 0.500. The van der Waals surface area contributed by atoms with Crippen molar-refractivity contribution in [2.45, 2.75) is 31.6 Å². The SMILES string of the molecule is CC1OCCC1(O)CNCc1cnn2ccccc12. The first-order valence-corrected chi connectivity index (χ1v) is 6.65. The number of hydrogen-bond donors (Lipinski definition) is 2. The van der Waals surface area contributed by atoms with Gasteiger partial charge in [-0.25, -0.2) is 4.52 Å². The van der Waals surface area contributed by atoms with Gasteiger partial charge >= 0.3 is 0 Å². The van der Waals surface area contributed by atoms with Gasteiger partial charge in [0.2, 0.25) is 0 Å². The van der Waals surface area contributed by atoms with Crippen LogP contribution in [0, 0.1) is 0 Å². The monoisotopic (exact) mass is 261 g/mol. The van der Waals surface area contributed by atoms with Gasteiger partial charge in [0.25, 0.3) is 0 Å². The van der Waals surface area contributed by atoms with Crippen LogP contribution in [-0.4, -0.2) is 39.6 Å². The molecule has 0 amide bonds. The molecule has 102 valence electrons. The van der Waals surface area contributed by atoms with Crippen molar-refractivity contribution in [2.75, 3.05) is 13.2 Å². The Hall–Kier alpha value is -1.43. The van der Waals surface area contributed by atoms with E-state index in [-0.39, 0.29) is 6.10 Å². The highest BCUT2D eigenvalue weighted by Gasteiger charge is 2.38. The Balaban J connectivity index is 1.64. The number of aliphatic hydroxyl groups is 1. The predicted molar refractivity (Wildman–Crippen MR) is 71.9 cm³/mol. The molecule has 1 fully saturated rings. The number of nitrogens with one attached hydrogen (secondary N) is 1. The van der Waals surface area contributed by atoms with Crippen molar-refractivity contribution in [3.63, 3.8) is 0 Å². The number of hydrogen-bond acceptors (Lipinski definition) is 4. The predicted octanol–water partition coefficient (Wildman–Crippen LogP) is 0.964. The average Bonchev–Trinajstić information content (AvgIpc) is 2.96. The Morgan fingerprint density at radius 1 is 1.58 bits per heavy atom. The van der Waals surface area contributed by atoms with Gasteiger partial charge in [-0.2, -0.15) is 5.10 Å². The molecule has 2 N–H and O–H groups in total. The zero-order valence-corrected chi connectivity index (χ0v) is 11.0. The summed E-state index contributed by atoms with van der Waals surface area (Å²) in [4.78, 5) is 0. The van der Waals surface area contributed by atoms with Crippen molar-refractivity contribution in [1.82, 2.24) is 14.9 Å². The molecule has 3 heterocycles. The van der Waals surface area contributed by atoms with Gasteiger partial charge in [0, 0.05) is 37.9 Å². The number of fused-ring (bicyclic) bond motifs is 1. The van der Waals surface area contributed by atoms with Crippen molar-refractivity contribution >= 4 is 5.52 Å². The first-order valence-electron chi connectivity index (χ1n) is 6.65. The quantitative estimate of drug-likeness (QED) is 0.861. The minimum Gasteiger partial charge on any atom is -0.386 e. The van der Waals surface area contributed by atoms with Crippen molar-refractivity contribution in [3.8, 4) is 0 Å². The third-order valence-corrected chi connectivity index (χ3v) is 3.91. The van der Waals surface area contributed by atoms with E-state index in [2.05, 4.69) is 10.4 Å². The van der Waals surface area contributed by atoms with Gasteiger partial charge in [0.1, 0.15) is 5.60 Å². The van der Waals surface area contributed by atoms with E-state index in [0.29, 0.717) is 26.1 Å². The number of rotatable bonds is 4. The van der Waals surface area contributed by atoms with Gasteiger partial charge in [-0.05, 0) is 19.1 Å². The Morgan fingerprint density at radius 2 is 2.47 bits per heavy atom. The molecule has 0 radical (unpaired) electrons. The zero-order chi connectivity index (χ0) is 13.3. The summed E-state index contributed by atoms with van der Waals surface area (Å²) in [7, 11) is 0. The molecular weight excluding hydrogens is 242 g/mol. The Bertz CT molecular complexity index is 569. The van der Waals surface area contributed by atoms with E-state index >= 15 is 0 Å². The summed E-state index contributed by atoms with van der Waals surface area (Å²) in [6, 6.07) is 6.00. The lowest BCUT2D eigenvalue weighted by Gasteiger charge is -2.26. The molecule has 1 aliphatic rings. The fourth-order valence-corrected chi connectivity index (χ4v) is 2.54. The highest BCUT2D eigenvalue weighted by molar-refractivity contribution is 5.53. The molecule has 2 atom stereocenters. The summed E-state index contributed by atoms with van der Waals surface area (Å²) in [5.74, 6) is 0. The van der Waals surface area contributed by atoms with Crippen LogP contribution in [0.2, 0.25) is 0 Å². The van der Waals surface area contributed by atoms with Gasteiger partial charge in [0.05, 0.1) is 17.8 Å². The topological polar surface area (TPSA) is 58.8 Å². The molecule has 3 rings (SSSR count). The average molecular weight is 261 g/mol. The molecule has 2 aromatic heterocycles. The van der Waals surface area contributed by atoms with E-state index in [1.165, 1.54) is 0 Å². The molecular formula is C14H19N3O2. The van der Waals surface area contributed by atoms with Crippen LogP contribution in [0.25, 0.3) is 5.52 Å². The second kappa shape index (κ2) is 4.92. The van der Waals surface area contributed by atoms with Crippen molar-refractivity contribution < 1.29 is 9.84 Å². The normalized spacial score (nSPS) is 27.2. The summed E-state index contributed by atoms with van der Waals surface area (Å²) in [6.45, 7) is 3.79. The van der Waals surface area contributed by atoms with Gasteiger partial charge in [0.15, 0.2) is 0 Å². The molecule has 0 aliphatic carbocycles. The molecule has 0 bridgehead atoms. The van der Waals surface area contributed by atoms with E-state index in [4.69, 9.17) is 4.74 Å². The van der Waals surface area contributed by atoms with Crippen LogP contribution in [0.15, 0.2) is 30.6 Å². The number of aromatic nitrogens is 2. The second-order valence-corrected chi connectivity index (χ2v) is 5.17. The molecule has 0 aromatic carbocycles. The number of nitrogens with zero attached hydrogens (tertiary/aromatic N) is 2. The summed E-state index contributed by atoms with van der Waals surface area (Å²) in [5, 5.41) is 18.0. The lowest BCUT2D eigenvalue weighted by atomic mass is 9.97. The summed E-state index contributed by atoms with van der Waals surface area (Å²) < 4.78 is 7.27. The molecule has 1 aliphatic heterocycles. The van der Waals surface area contributed by atoms with Gasteiger partial charge in [-0.3, -0.25) is 0 Å². The van der Waals surface area contributed by atoms with Crippen LogP contribution < -0.4 is 5.32 Å². The molecule has 19 heavy (non-hydrogen) atoms. The number of pyridine rings is 1. The summed E-state index contributed by atoms with van der Waals surface area (Å²) in [5.41, 5.74) is 1.48. The third-order valence-electron chi connectivity index (χ3n) is 3.91. The Morgan fingerprint density at radius 3 is 3.26 bits per heavy atom. The first-order chi connectivity index (χ1) is 9.19. The molecule has 0 spiro atoms. The van der Waals surface area contributed by atoms with Crippen LogP contribution in [0.3, 0.4) is 0 Å². The van der Waals surface area contributed by atoms with Crippen LogP contribution in [0.4, 0.5) is 0 Å². The maximum atomic E-state index is 10.4. The Labute approximate surface area is 112 Å².